The van der Waals surface area contributed by atoms with Crippen LogP contribution >= 0.6 is 15.9 Å². The number of ether oxygens (including phenoxy) is 1. The lowest BCUT2D eigenvalue weighted by Crippen LogP contribution is -2.22. The van der Waals surface area contributed by atoms with E-state index in [0.29, 0.717) is 10.2 Å². The van der Waals surface area contributed by atoms with Crippen LogP contribution in [0.4, 0.5) is 5.69 Å². The average Bonchev–Trinajstić information content (AvgIpc) is 2.48. The summed E-state index contributed by atoms with van der Waals surface area (Å²) in [7, 11) is 3.25. The van der Waals surface area contributed by atoms with E-state index in [2.05, 4.69) is 26.3 Å². The van der Waals surface area contributed by atoms with Crippen LogP contribution in [0.15, 0.2) is 39.7 Å². The van der Waals surface area contributed by atoms with Gasteiger partial charge in [-0.15, -0.1) is 0 Å². The Bertz CT molecular complexity index is 652. The van der Waals surface area contributed by atoms with Crippen LogP contribution in [0.25, 0.3) is 0 Å². The zero-order valence-electron chi connectivity index (χ0n) is 11.6. The number of nitrogens with zero attached hydrogens (tertiary/aromatic N) is 2. The number of aryl methyl sites for hydroxylation is 1. The first-order valence-electron chi connectivity index (χ1n) is 6.15. The maximum atomic E-state index is 11.8. The summed E-state index contributed by atoms with van der Waals surface area (Å²) in [5.74, 6) is 0.817. The van der Waals surface area contributed by atoms with Crippen molar-refractivity contribution in [3.05, 3.63) is 50.9 Å². The molecule has 0 saturated heterocycles. The van der Waals surface area contributed by atoms with Crippen molar-refractivity contribution in [3.8, 4) is 5.75 Å². The summed E-state index contributed by atoms with van der Waals surface area (Å²) in [6.45, 7) is 2.02. The number of rotatable bonds is 4. The number of halogens is 1. The number of hydrogen-bond acceptors (Lipinski definition) is 4. The molecule has 0 spiro atoms. The fourth-order valence-electron chi connectivity index (χ4n) is 1.82. The average molecular weight is 338 g/mol. The number of hydrogen-bond donors (Lipinski definition) is 1. The van der Waals surface area contributed by atoms with Gasteiger partial charge in [-0.1, -0.05) is 12.1 Å². The summed E-state index contributed by atoms with van der Waals surface area (Å²) in [4.78, 5) is 11.8. The van der Waals surface area contributed by atoms with E-state index in [4.69, 9.17) is 4.74 Å². The van der Waals surface area contributed by atoms with Gasteiger partial charge in [-0.2, -0.15) is 5.10 Å². The lowest BCUT2D eigenvalue weighted by Gasteiger charge is -2.17. The summed E-state index contributed by atoms with van der Waals surface area (Å²) < 4.78 is 6.90. The maximum Gasteiger partial charge on any atom is 0.282 e. The quantitative estimate of drug-likeness (QED) is 0.931. The molecule has 0 fully saturated rings. The zero-order valence-corrected chi connectivity index (χ0v) is 13.1. The van der Waals surface area contributed by atoms with E-state index in [9.17, 15) is 4.79 Å². The minimum Gasteiger partial charge on any atom is -0.497 e. The van der Waals surface area contributed by atoms with Crippen molar-refractivity contribution in [2.45, 2.75) is 13.0 Å². The fraction of sp³-hybridized carbons (Fsp3) is 0.286. The van der Waals surface area contributed by atoms with E-state index < -0.39 is 0 Å². The van der Waals surface area contributed by atoms with Crippen LogP contribution in [-0.4, -0.2) is 16.9 Å². The molecule has 0 aliphatic carbocycles. The van der Waals surface area contributed by atoms with E-state index in [-0.39, 0.29) is 11.6 Å². The van der Waals surface area contributed by atoms with Gasteiger partial charge in [-0.25, -0.2) is 4.68 Å². The Morgan fingerprint density at radius 3 is 2.60 bits per heavy atom. The third kappa shape index (κ3) is 3.01. The van der Waals surface area contributed by atoms with Crippen LogP contribution in [-0.2, 0) is 7.05 Å². The van der Waals surface area contributed by atoms with Crippen molar-refractivity contribution < 1.29 is 4.74 Å². The minimum atomic E-state index is -0.170. The van der Waals surface area contributed by atoms with Crippen molar-refractivity contribution in [3.63, 3.8) is 0 Å². The monoisotopic (exact) mass is 337 g/mol. The first kappa shape index (κ1) is 14.6. The summed E-state index contributed by atoms with van der Waals surface area (Å²) in [6, 6.07) is 7.83. The second-order valence-electron chi connectivity index (χ2n) is 4.44. The lowest BCUT2D eigenvalue weighted by atomic mass is 10.1. The molecular weight excluding hydrogens is 322 g/mol. The topological polar surface area (TPSA) is 56.1 Å². The van der Waals surface area contributed by atoms with Crippen LogP contribution in [0.2, 0.25) is 0 Å². The first-order chi connectivity index (χ1) is 9.52. The highest BCUT2D eigenvalue weighted by atomic mass is 79.9. The number of nitrogens with one attached hydrogen (secondary N) is 1. The Morgan fingerprint density at radius 2 is 2.00 bits per heavy atom. The fourth-order valence-corrected chi connectivity index (χ4v) is 2.29. The Labute approximate surface area is 125 Å². The van der Waals surface area contributed by atoms with E-state index in [1.165, 1.54) is 4.68 Å². The van der Waals surface area contributed by atoms with Crippen molar-refractivity contribution >= 4 is 21.6 Å². The lowest BCUT2D eigenvalue weighted by molar-refractivity contribution is 0.414. The Kier molecular flexibility index (Phi) is 4.44. The Balaban J connectivity index is 2.21. The molecule has 1 unspecified atom stereocenters. The predicted octanol–water partition coefficient (Wildman–Crippen LogP) is 2.72. The molecule has 1 aromatic carbocycles. The van der Waals surface area contributed by atoms with E-state index in [0.717, 1.165) is 11.3 Å². The molecule has 0 aliphatic rings. The predicted molar refractivity (Wildman–Crippen MR) is 82.2 cm³/mol. The van der Waals surface area contributed by atoms with Crippen LogP contribution in [0, 0.1) is 0 Å². The molecule has 0 radical (unpaired) electrons. The van der Waals surface area contributed by atoms with Crippen molar-refractivity contribution in [1.82, 2.24) is 9.78 Å². The summed E-state index contributed by atoms with van der Waals surface area (Å²) >= 11 is 3.30. The second kappa shape index (κ2) is 6.09. The number of anilines is 1. The van der Waals surface area contributed by atoms with E-state index in [1.807, 2.05) is 31.2 Å². The molecule has 6 heteroatoms. The van der Waals surface area contributed by atoms with Gasteiger partial charge in [0.25, 0.3) is 5.56 Å². The summed E-state index contributed by atoms with van der Waals surface area (Å²) in [5, 5.41) is 7.27. The standard InChI is InChI=1S/C14H16BrN3O2/c1-9(10-4-6-11(20-3)7-5-10)17-12-8-16-18(2)14(19)13(12)15/h4-9,17H,1-3H3. The van der Waals surface area contributed by atoms with Crippen LogP contribution in [0.1, 0.15) is 18.5 Å². The molecule has 106 valence electrons. The Hall–Kier alpha value is -1.82. The zero-order chi connectivity index (χ0) is 14.7. The van der Waals surface area contributed by atoms with Gasteiger partial charge in [0.1, 0.15) is 10.2 Å². The van der Waals surface area contributed by atoms with Gasteiger partial charge in [0.15, 0.2) is 0 Å². The van der Waals surface area contributed by atoms with E-state index in [1.54, 1.807) is 20.4 Å². The van der Waals surface area contributed by atoms with Crippen molar-refractivity contribution in [2.75, 3.05) is 12.4 Å². The summed E-state index contributed by atoms with van der Waals surface area (Å²) in [5.41, 5.74) is 1.60. The third-order valence-corrected chi connectivity index (χ3v) is 3.83. The molecule has 0 amide bonds. The van der Waals surface area contributed by atoms with Gasteiger partial charge in [0.2, 0.25) is 0 Å². The molecule has 0 saturated carbocycles. The molecule has 1 heterocycles. The van der Waals surface area contributed by atoms with Gasteiger partial charge in [-0.05, 0) is 40.5 Å². The van der Waals surface area contributed by atoms with Crippen LogP contribution in [0.3, 0.4) is 0 Å². The second-order valence-corrected chi connectivity index (χ2v) is 5.23. The van der Waals surface area contributed by atoms with Gasteiger partial charge in [-0.3, -0.25) is 4.79 Å². The smallest absolute Gasteiger partial charge is 0.282 e. The Morgan fingerprint density at radius 1 is 1.35 bits per heavy atom. The third-order valence-electron chi connectivity index (χ3n) is 3.07. The highest BCUT2D eigenvalue weighted by Gasteiger charge is 2.11. The number of benzene rings is 1. The van der Waals surface area contributed by atoms with Gasteiger partial charge in [0, 0.05) is 13.1 Å². The van der Waals surface area contributed by atoms with Crippen LogP contribution < -0.4 is 15.6 Å². The van der Waals surface area contributed by atoms with E-state index >= 15 is 0 Å². The number of aromatic nitrogens is 2. The maximum absolute atomic E-state index is 11.8. The number of methoxy groups -OCH3 is 1. The molecule has 2 aromatic rings. The highest BCUT2D eigenvalue weighted by Crippen LogP contribution is 2.24. The van der Waals surface area contributed by atoms with Gasteiger partial charge < -0.3 is 10.1 Å². The minimum absolute atomic E-state index is 0.0473. The molecule has 1 aromatic heterocycles. The SMILES string of the molecule is COc1ccc(C(C)Nc2cnn(C)c(=O)c2Br)cc1. The van der Waals surface area contributed by atoms with Crippen molar-refractivity contribution in [2.24, 2.45) is 7.05 Å². The van der Waals surface area contributed by atoms with Crippen LogP contribution in [0.5, 0.6) is 5.75 Å². The molecule has 0 bridgehead atoms. The van der Waals surface area contributed by atoms with Crippen molar-refractivity contribution in [1.29, 1.82) is 0 Å². The molecule has 1 atom stereocenters. The first-order valence-corrected chi connectivity index (χ1v) is 6.94. The largest absolute Gasteiger partial charge is 0.497 e. The molecular formula is C14H16BrN3O2. The molecule has 2 rings (SSSR count). The molecule has 1 N–H and O–H groups in total. The van der Waals surface area contributed by atoms with Gasteiger partial charge >= 0.3 is 0 Å². The normalized spacial score (nSPS) is 12.0. The summed E-state index contributed by atoms with van der Waals surface area (Å²) in [6.07, 6.45) is 1.63. The molecule has 0 aliphatic heterocycles. The molecule has 5 nitrogen and oxygen atoms in total. The highest BCUT2D eigenvalue weighted by molar-refractivity contribution is 9.10. The van der Waals surface area contributed by atoms with Gasteiger partial charge in [0.05, 0.1) is 19.0 Å². The molecule has 20 heavy (non-hydrogen) atoms.